The number of ether oxygens (including phenoxy) is 1. The quantitative estimate of drug-likeness (QED) is 0.811. The van der Waals surface area contributed by atoms with Crippen LogP contribution in [0.2, 0.25) is 0 Å². The van der Waals surface area contributed by atoms with Crippen LogP contribution < -0.4 is 4.74 Å². The van der Waals surface area contributed by atoms with Crippen molar-refractivity contribution in [1.82, 2.24) is 4.98 Å². The molecule has 1 aliphatic rings. The highest BCUT2D eigenvalue weighted by Gasteiger charge is 2.31. The van der Waals surface area contributed by atoms with E-state index in [0.717, 1.165) is 18.1 Å². The summed E-state index contributed by atoms with van der Waals surface area (Å²) >= 11 is 4.50. The standard InChI is InChI=1S/C13H19NOS/c16-11-13(6-2-1-3-7-13)10-15-12-5-4-8-14-9-12/h4-5,8-9,16H,1-3,6-7,10-11H2. The van der Waals surface area contributed by atoms with Crippen LogP contribution in [-0.4, -0.2) is 17.3 Å². The van der Waals surface area contributed by atoms with E-state index in [2.05, 4.69) is 17.6 Å². The maximum absolute atomic E-state index is 5.83. The molecule has 2 nitrogen and oxygen atoms in total. The summed E-state index contributed by atoms with van der Waals surface area (Å²) in [6.45, 7) is 0.780. The zero-order valence-corrected chi connectivity index (χ0v) is 10.5. The van der Waals surface area contributed by atoms with Crippen LogP contribution in [-0.2, 0) is 0 Å². The first-order valence-electron chi connectivity index (χ1n) is 5.98. The molecule has 0 atom stereocenters. The number of hydrogen-bond donors (Lipinski definition) is 1. The molecule has 88 valence electrons. The molecular weight excluding hydrogens is 218 g/mol. The third kappa shape index (κ3) is 2.91. The van der Waals surface area contributed by atoms with Crippen molar-refractivity contribution in [1.29, 1.82) is 0 Å². The summed E-state index contributed by atoms with van der Waals surface area (Å²) in [5.41, 5.74) is 0.289. The van der Waals surface area contributed by atoms with Gasteiger partial charge in [0.1, 0.15) is 5.75 Å². The summed E-state index contributed by atoms with van der Waals surface area (Å²) in [4.78, 5) is 4.05. The molecule has 0 bridgehead atoms. The van der Waals surface area contributed by atoms with E-state index in [1.165, 1.54) is 32.1 Å². The van der Waals surface area contributed by atoms with Gasteiger partial charge in [-0.15, -0.1) is 0 Å². The number of hydrogen-bond acceptors (Lipinski definition) is 3. The zero-order chi connectivity index (χ0) is 11.3. The predicted octanol–water partition coefficient (Wildman–Crippen LogP) is 3.34. The Morgan fingerprint density at radius 2 is 2.12 bits per heavy atom. The summed E-state index contributed by atoms with van der Waals surface area (Å²) in [7, 11) is 0. The summed E-state index contributed by atoms with van der Waals surface area (Å²) < 4.78 is 5.83. The van der Waals surface area contributed by atoms with Crippen molar-refractivity contribution in [3.05, 3.63) is 24.5 Å². The van der Waals surface area contributed by atoms with E-state index in [4.69, 9.17) is 4.74 Å². The van der Waals surface area contributed by atoms with Crippen molar-refractivity contribution in [3.63, 3.8) is 0 Å². The highest BCUT2D eigenvalue weighted by Crippen LogP contribution is 2.37. The average Bonchev–Trinajstić information content (AvgIpc) is 2.39. The molecular formula is C13H19NOS. The molecule has 0 aliphatic heterocycles. The number of rotatable bonds is 4. The molecule has 1 aromatic heterocycles. The van der Waals surface area contributed by atoms with E-state index in [9.17, 15) is 0 Å². The first kappa shape index (κ1) is 11.8. The number of aromatic nitrogens is 1. The maximum Gasteiger partial charge on any atom is 0.137 e. The van der Waals surface area contributed by atoms with Gasteiger partial charge in [0.05, 0.1) is 12.8 Å². The van der Waals surface area contributed by atoms with Crippen molar-refractivity contribution in [3.8, 4) is 5.75 Å². The Morgan fingerprint density at radius 1 is 1.31 bits per heavy atom. The van der Waals surface area contributed by atoms with Crippen molar-refractivity contribution >= 4 is 12.6 Å². The third-order valence-electron chi connectivity index (χ3n) is 3.43. The average molecular weight is 237 g/mol. The molecule has 1 aromatic rings. The van der Waals surface area contributed by atoms with Gasteiger partial charge in [-0.2, -0.15) is 12.6 Å². The molecule has 1 saturated carbocycles. The van der Waals surface area contributed by atoms with Gasteiger partial charge in [-0.05, 0) is 30.7 Å². The zero-order valence-electron chi connectivity index (χ0n) is 9.56. The van der Waals surface area contributed by atoms with E-state index in [0.29, 0.717) is 0 Å². The number of nitrogens with zero attached hydrogens (tertiary/aromatic N) is 1. The Hall–Kier alpha value is -0.700. The lowest BCUT2D eigenvalue weighted by molar-refractivity contribution is 0.121. The molecule has 1 aliphatic carbocycles. The predicted molar refractivity (Wildman–Crippen MR) is 69.1 cm³/mol. The van der Waals surface area contributed by atoms with Crippen molar-refractivity contribution in [2.45, 2.75) is 32.1 Å². The van der Waals surface area contributed by atoms with Crippen LogP contribution in [0.15, 0.2) is 24.5 Å². The lowest BCUT2D eigenvalue weighted by atomic mass is 9.76. The van der Waals surface area contributed by atoms with Crippen LogP contribution >= 0.6 is 12.6 Å². The molecule has 16 heavy (non-hydrogen) atoms. The normalized spacial score (nSPS) is 19.3. The minimum absolute atomic E-state index is 0.289. The second kappa shape index (κ2) is 5.58. The molecule has 0 radical (unpaired) electrons. The molecule has 0 N–H and O–H groups in total. The first-order valence-corrected chi connectivity index (χ1v) is 6.62. The molecule has 0 spiro atoms. The molecule has 0 saturated heterocycles. The van der Waals surface area contributed by atoms with Crippen LogP contribution in [0.4, 0.5) is 0 Å². The minimum atomic E-state index is 0.289. The van der Waals surface area contributed by atoms with E-state index in [-0.39, 0.29) is 5.41 Å². The lowest BCUT2D eigenvalue weighted by Gasteiger charge is -2.35. The molecule has 0 amide bonds. The third-order valence-corrected chi connectivity index (χ3v) is 4.10. The fraction of sp³-hybridized carbons (Fsp3) is 0.615. The van der Waals surface area contributed by atoms with E-state index < -0.39 is 0 Å². The van der Waals surface area contributed by atoms with Crippen molar-refractivity contribution < 1.29 is 4.74 Å². The van der Waals surface area contributed by atoms with Crippen molar-refractivity contribution in [2.75, 3.05) is 12.4 Å². The largest absolute Gasteiger partial charge is 0.491 e. The second-order valence-electron chi connectivity index (χ2n) is 4.70. The minimum Gasteiger partial charge on any atom is -0.491 e. The highest BCUT2D eigenvalue weighted by molar-refractivity contribution is 7.80. The molecule has 3 heteroatoms. The molecule has 0 aromatic carbocycles. The Bertz CT molecular complexity index is 309. The lowest BCUT2D eigenvalue weighted by Crippen LogP contribution is -2.32. The molecule has 1 heterocycles. The Kier molecular flexibility index (Phi) is 4.10. The van der Waals surface area contributed by atoms with E-state index >= 15 is 0 Å². The molecule has 0 unspecified atom stereocenters. The smallest absolute Gasteiger partial charge is 0.137 e. The summed E-state index contributed by atoms with van der Waals surface area (Å²) in [5.74, 6) is 1.79. The van der Waals surface area contributed by atoms with Crippen LogP contribution in [0.25, 0.3) is 0 Å². The van der Waals surface area contributed by atoms with Gasteiger partial charge in [-0.25, -0.2) is 0 Å². The van der Waals surface area contributed by atoms with E-state index in [1.807, 2.05) is 12.1 Å². The monoisotopic (exact) mass is 237 g/mol. The van der Waals surface area contributed by atoms with Gasteiger partial charge in [0.2, 0.25) is 0 Å². The number of thiol groups is 1. The van der Waals surface area contributed by atoms with Crippen molar-refractivity contribution in [2.24, 2.45) is 5.41 Å². The van der Waals surface area contributed by atoms with Gasteiger partial charge in [0.15, 0.2) is 0 Å². The summed E-state index contributed by atoms with van der Waals surface area (Å²) in [5, 5.41) is 0. The highest BCUT2D eigenvalue weighted by atomic mass is 32.1. The fourth-order valence-electron chi connectivity index (χ4n) is 2.32. The molecule has 1 fully saturated rings. The Labute approximate surface area is 103 Å². The maximum atomic E-state index is 5.83. The SMILES string of the molecule is SCC1(COc2cccnc2)CCCCC1. The number of pyridine rings is 1. The van der Waals surface area contributed by atoms with Gasteiger partial charge in [-0.1, -0.05) is 19.3 Å². The van der Waals surface area contributed by atoms with Crippen LogP contribution in [0.5, 0.6) is 5.75 Å². The molecule has 2 rings (SSSR count). The van der Waals surface area contributed by atoms with Gasteiger partial charge in [0.25, 0.3) is 0 Å². The van der Waals surface area contributed by atoms with Gasteiger partial charge in [-0.3, -0.25) is 4.98 Å². The van der Waals surface area contributed by atoms with Crippen LogP contribution in [0.3, 0.4) is 0 Å². The summed E-state index contributed by atoms with van der Waals surface area (Å²) in [6.07, 6.45) is 10.0. The summed E-state index contributed by atoms with van der Waals surface area (Å²) in [6, 6.07) is 3.87. The second-order valence-corrected chi connectivity index (χ2v) is 5.01. The van der Waals surface area contributed by atoms with Crippen LogP contribution in [0, 0.1) is 5.41 Å². The van der Waals surface area contributed by atoms with Gasteiger partial charge >= 0.3 is 0 Å². The topological polar surface area (TPSA) is 22.1 Å². The first-order chi connectivity index (χ1) is 7.85. The van der Waals surface area contributed by atoms with Gasteiger partial charge in [0, 0.05) is 11.6 Å². The van der Waals surface area contributed by atoms with E-state index in [1.54, 1.807) is 12.4 Å². The Morgan fingerprint density at radius 3 is 2.75 bits per heavy atom. The van der Waals surface area contributed by atoms with Crippen LogP contribution in [0.1, 0.15) is 32.1 Å². The Balaban J connectivity index is 1.92. The fourth-order valence-corrected chi connectivity index (χ4v) is 2.73. The van der Waals surface area contributed by atoms with Gasteiger partial charge < -0.3 is 4.74 Å².